The minimum absolute atomic E-state index is 0.00326. The van der Waals surface area contributed by atoms with Gasteiger partial charge in [-0.15, -0.1) is 0 Å². The van der Waals surface area contributed by atoms with Gasteiger partial charge >= 0.3 is 5.97 Å². The summed E-state index contributed by atoms with van der Waals surface area (Å²) in [6.45, 7) is 6.31. The number of methoxy groups -OCH3 is 3. The maximum atomic E-state index is 13.5. The molecule has 3 rings (SSSR count). The van der Waals surface area contributed by atoms with Gasteiger partial charge in [0.05, 0.1) is 27.8 Å². The predicted molar refractivity (Wildman–Crippen MR) is 183 cm³/mol. The standard InChI is InChI=1S/C37H44O14/c1-8-10-22(38)27-34(47)18(29(42)16(3)36(27)50-6)14-20-31(44)21(33(46)26(32(20)45)24(40)12-13-25(41)49-5)15-19-30(43)17(4)37(51-7)28(35(19)48)23(39)11-9-2/h42-48H,8-15H2,1-7H3. The van der Waals surface area contributed by atoms with Gasteiger partial charge in [-0.05, 0) is 26.7 Å². The van der Waals surface area contributed by atoms with Gasteiger partial charge in [0.2, 0.25) is 0 Å². The number of rotatable bonds is 16. The Labute approximate surface area is 294 Å². The molecule has 0 heterocycles. The van der Waals surface area contributed by atoms with Crippen molar-refractivity contribution in [2.45, 2.75) is 79.1 Å². The highest BCUT2D eigenvalue weighted by Crippen LogP contribution is 2.51. The number of aromatic hydroxyl groups is 7. The smallest absolute Gasteiger partial charge is 0.305 e. The number of carbonyl (C=O) groups excluding carboxylic acids is 4. The fraction of sp³-hybridized carbons (Fsp3) is 0.405. The van der Waals surface area contributed by atoms with E-state index in [1.54, 1.807) is 13.8 Å². The van der Waals surface area contributed by atoms with Crippen molar-refractivity contribution in [3.05, 3.63) is 50.1 Å². The molecule has 0 aliphatic rings. The van der Waals surface area contributed by atoms with Crippen molar-refractivity contribution in [1.82, 2.24) is 0 Å². The molecule has 0 atom stereocenters. The van der Waals surface area contributed by atoms with Crippen LogP contribution in [0, 0.1) is 13.8 Å². The van der Waals surface area contributed by atoms with Gasteiger partial charge in [-0.25, -0.2) is 0 Å². The van der Waals surface area contributed by atoms with Crippen LogP contribution in [0.4, 0.5) is 0 Å². The summed E-state index contributed by atoms with van der Waals surface area (Å²) in [6.07, 6.45) is -1.65. The first-order chi connectivity index (χ1) is 24.0. The fourth-order valence-electron chi connectivity index (χ4n) is 6.07. The van der Waals surface area contributed by atoms with Crippen LogP contribution in [-0.2, 0) is 22.4 Å². The van der Waals surface area contributed by atoms with Crippen LogP contribution in [0.2, 0.25) is 0 Å². The molecule has 0 aliphatic carbocycles. The van der Waals surface area contributed by atoms with Crippen molar-refractivity contribution in [2.24, 2.45) is 0 Å². The van der Waals surface area contributed by atoms with E-state index in [0.29, 0.717) is 12.8 Å². The first kappa shape index (κ1) is 39.8. The summed E-state index contributed by atoms with van der Waals surface area (Å²) < 4.78 is 15.2. The highest BCUT2D eigenvalue weighted by molar-refractivity contribution is 6.05. The second-order valence-corrected chi connectivity index (χ2v) is 12.0. The van der Waals surface area contributed by atoms with Crippen LogP contribution in [0.3, 0.4) is 0 Å². The molecule has 3 aromatic rings. The molecular weight excluding hydrogens is 668 g/mol. The van der Waals surface area contributed by atoms with E-state index in [9.17, 15) is 54.9 Å². The molecule has 0 unspecified atom stereocenters. The number of phenolic OH excluding ortho intramolecular Hbond substituents is 7. The molecule has 14 nitrogen and oxygen atoms in total. The van der Waals surface area contributed by atoms with E-state index in [0.717, 1.165) is 7.11 Å². The number of ether oxygens (including phenoxy) is 3. The second-order valence-electron chi connectivity index (χ2n) is 12.0. The molecular formula is C37H44O14. The predicted octanol–water partition coefficient (Wildman–Crippen LogP) is 5.54. The second kappa shape index (κ2) is 16.4. The molecule has 3 aromatic carbocycles. The van der Waals surface area contributed by atoms with Crippen LogP contribution in [0.25, 0.3) is 0 Å². The number of hydrogen-bond donors (Lipinski definition) is 7. The molecule has 0 bridgehead atoms. The molecule has 0 aromatic heterocycles. The SMILES string of the molecule is CCCC(=O)c1c(O)c(Cc2c(O)c(Cc3c(O)c(C)c(OC)c(C(=O)CCC)c3O)c(O)c(C(=O)CCC(=O)OC)c2O)c(O)c(C)c1OC. The molecule has 51 heavy (non-hydrogen) atoms. The van der Waals surface area contributed by atoms with Crippen LogP contribution in [0.1, 0.15) is 117 Å². The monoisotopic (exact) mass is 712 g/mol. The summed E-state index contributed by atoms with van der Waals surface area (Å²) in [5, 5.41) is 79.5. The van der Waals surface area contributed by atoms with Crippen molar-refractivity contribution in [1.29, 1.82) is 0 Å². The summed E-state index contributed by atoms with van der Waals surface area (Å²) >= 11 is 0. The zero-order valence-corrected chi connectivity index (χ0v) is 29.6. The largest absolute Gasteiger partial charge is 0.507 e. The minimum Gasteiger partial charge on any atom is -0.507 e. The van der Waals surface area contributed by atoms with Gasteiger partial charge in [0.1, 0.15) is 68.4 Å². The molecule has 7 N–H and O–H groups in total. The number of hydrogen-bond acceptors (Lipinski definition) is 14. The van der Waals surface area contributed by atoms with Crippen LogP contribution in [0.15, 0.2) is 0 Å². The number of esters is 1. The van der Waals surface area contributed by atoms with Gasteiger partial charge in [-0.3, -0.25) is 19.2 Å². The average Bonchev–Trinajstić information content (AvgIpc) is 3.09. The zero-order chi connectivity index (χ0) is 38.5. The fourth-order valence-corrected chi connectivity index (χ4v) is 6.07. The molecule has 0 radical (unpaired) electrons. The summed E-state index contributed by atoms with van der Waals surface area (Å²) in [5.41, 5.74) is -2.91. The Hall–Kier alpha value is -5.66. The third-order valence-corrected chi connectivity index (χ3v) is 8.77. The van der Waals surface area contributed by atoms with E-state index in [1.165, 1.54) is 28.1 Å². The maximum Gasteiger partial charge on any atom is 0.305 e. The highest BCUT2D eigenvalue weighted by atomic mass is 16.5. The van der Waals surface area contributed by atoms with E-state index in [4.69, 9.17) is 9.47 Å². The Balaban J connectivity index is 2.43. The Morgan fingerprint density at radius 2 is 0.804 bits per heavy atom. The van der Waals surface area contributed by atoms with Crippen molar-refractivity contribution < 1.29 is 69.1 Å². The lowest BCUT2D eigenvalue weighted by Crippen LogP contribution is -2.11. The molecule has 0 amide bonds. The molecule has 276 valence electrons. The lowest BCUT2D eigenvalue weighted by molar-refractivity contribution is -0.140. The normalized spacial score (nSPS) is 11.0. The summed E-state index contributed by atoms with van der Waals surface area (Å²) in [7, 11) is 3.59. The number of phenols is 7. The Morgan fingerprint density at radius 3 is 1.14 bits per heavy atom. The van der Waals surface area contributed by atoms with Crippen LogP contribution in [0.5, 0.6) is 51.7 Å². The number of carbonyl (C=O) groups is 4. The van der Waals surface area contributed by atoms with Crippen molar-refractivity contribution >= 4 is 23.3 Å². The first-order valence-electron chi connectivity index (χ1n) is 16.2. The quantitative estimate of drug-likeness (QED) is 0.0713. The summed E-state index contributed by atoms with van der Waals surface area (Å²) in [6, 6.07) is 0. The van der Waals surface area contributed by atoms with Gasteiger partial charge in [0, 0.05) is 65.5 Å². The average molecular weight is 713 g/mol. The van der Waals surface area contributed by atoms with Gasteiger partial charge in [-0.2, -0.15) is 0 Å². The van der Waals surface area contributed by atoms with Crippen molar-refractivity contribution in [3.8, 4) is 51.7 Å². The third-order valence-electron chi connectivity index (χ3n) is 8.77. The van der Waals surface area contributed by atoms with Crippen molar-refractivity contribution in [3.63, 3.8) is 0 Å². The topological polar surface area (TPSA) is 238 Å². The van der Waals surface area contributed by atoms with Gasteiger partial charge in [0.15, 0.2) is 17.3 Å². The first-order valence-corrected chi connectivity index (χ1v) is 16.2. The van der Waals surface area contributed by atoms with E-state index in [1.807, 2.05) is 0 Å². The van der Waals surface area contributed by atoms with Gasteiger partial charge in [0.25, 0.3) is 0 Å². The summed E-state index contributed by atoms with van der Waals surface area (Å²) in [4.78, 5) is 51.5. The van der Waals surface area contributed by atoms with E-state index < -0.39 is 106 Å². The molecule has 0 saturated carbocycles. The molecule has 0 saturated heterocycles. The van der Waals surface area contributed by atoms with E-state index >= 15 is 0 Å². The molecule has 0 spiro atoms. The third kappa shape index (κ3) is 7.44. The minimum atomic E-state index is -0.978. The van der Waals surface area contributed by atoms with Gasteiger partial charge < -0.3 is 50.0 Å². The molecule has 14 heteroatoms. The summed E-state index contributed by atoms with van der Waals surface area (Å²) in [5.74, 6) is -8.40. The van der Waals surface area contributed by atoms with Crippen LogP contribution >= 0.6 is 0 Å². The maximum absolute atomic E-state index is 13.5. The Bertz CT molecular complexity index is 1770. The molecule has 0 fully saturated rings. The van der Waals surface area contributed by atoms with E-state index in [-0.39, 0.29) is 57.7 Å². The van der Waals surface area contributed by atoms with Gasteiger partial charge in [-0.1, -0.05) is 13.8 Å². The number of benzene rings is 3. The lowest BCUT2D eigenvalue weighted by Gasteiger charge is -2.22. The number of ketones is 3. The zero-order valence-electron chi connectivity index (χ0n) is 29.6. The van der Waals surface area contributed by atoms with E-state index in [2.05, 4.69) is 4.74 Å². The van der Waals surface area contributed by atoms with Crippen LogP contribution in [-0.4, -0.2) is 80.4 Å². The van der Waals surface area contributed by atoms with Crippen LogP contribution < -0.4 is 9.47 Å². The lowest BCUT2D eigenvalue weighted by atomic mass is 9.87. The van der Waals surface area contributed by atoms with Crippen molar-refractivity contribution in [2.75, 3.05) is 21.3 Å². The Morgan fingerprint density at radius 1 is 0.471 bits per heavy atom. The molecule has 0 aliphatic heterocycles. The highest BCUT2D eigenvalue weighted by Gasteiger charge is 2.34. The number of Topliss-reactive ketones (excluding diaryl/α,β-unsaturated/α-hetero) is 3. The Kier molecular flexibility index (Phi) is 12.8.